The topological polar surface area (TPSA) is 167 Å². The van der Waals surface area contributed by atoms with Crippen molar-refractivity contribution in [2.24, 2.45) is 5.16 Å². The van der Waals surface area contributed by atoms with Crippen molar-refractivity contribution >= 4 is 57.1 Å². The predicted molar refractivity (Wildman–Crippen MR) is 258 cm³/mol. The van der Waals surface area contributed by atoms with Gasteiger partial charge in [-0.1, -0.05) is 187 Å². The molecule has 6 aromatic carbocycles. The Labute approximate surface area is 408 Å². The Bertz CT molecular complexity index is 2910. The second kappa shape index (κ2) is 19.6. The molecule has 19 heteroatoms. The van der Waals surface area contributed by atoms with Crippen molar-refractivity contribution < 1.29 is 50.1 Å². The molecule has 0 bridgehead atoms. The number of β-lactam (4-membered cyclic amide) rings is 1. The molecular formula is C51H40F3N5O8S3. The maximum Gasteiger partial charge on any atom is 0.534 e. The van der Waals surface area contributed by atoms with Crippen LogP contribution in [0, 0.1) is 0 Å². The average Bonchev–Trinajstić information content (AvgIpc) is 3.84. The molecule has 13 nitrogen and oxygen atoms in total. The molecule has 6 aromatic rings. The number of nitrogens with one attached hydrogen (secondary N) is 2. The van der Waals surface area contributed by atoms with Gasteiger partial charge < -0.3 is 19.4 Å². The van der Waals surface area contributed by atoms with E-state index in [4.69, 9.17) is 9.99 Å². The number of benzene rings is 6. The van der Waals surface area contributed by atoms with Crippen LogP contribution >= 0.6 is 23.5 Å². The Hall–Kier alpha value is -7.32. The van der Waals surface area contributed by atoms with Gasteiger partial charge in [-0.05, 0) is 16.7 Å². The highest BCUT2D eigenvalue weighted by atomic mass is 32.2. The molecule has 0 spiro atoms. The molecule has 3 aliphatic rings. The molecule has 356 valence electrons. The summed E-state index contributed by atoms with van der Waals surface area (Å²) in [6.45, 7) is 0. The van der Waals surface area contributed by atoms with Crippen LogP contribution in [0.2, 0.25) is 0 Å². The second-order valence-corrected chi connectivity index (χ2v) is 19.4. The number of hydrogen-bond donors (Lipinski definition) is 3. The summed E-state index contributed by atoms with van der Waals surface area (Å²) in [6.07, 6.45) is 0. The number of hydrogen-bond acceptors (Lipinski definition) is 12. The van der Waals surface area contributed by atoms with Crippen LogP contribution in [0.15, 0.2) is 210 Å². The largest absolute Gasteiger partial charge is 0.534 e. The van der Waals surface area contributed by atoms with Crippen molar-refractivity contribution in [1.29, 1.82) is 0 Å². The van der Waals surface area contributed by atoms with Gasteiger partial charge in [0.25, 0.3) is 11.8 Å². The molecule has 3 heterocycles. The Kier molecular flexibility index (Phi) is 13.4. The Balaban J connectivity index is 1.16. The van der Waals surface area contributed by atoms with E-state index >= 15 is 4.79 Å². The molecule has 0 radical (unpaired) electrons. The van der Waals surface area contributed by atoms with Crippen LogP contribution in [0.4, 0.5) is 13.2 Å². The van der Waals surface area contributed by atoms with Gasteiger partial charge in [0.1, 0.15) is 17.0 Å². The Morgan fingerprint density at radius 3 is 1.53 bits per heavy atom. The van der Waals surface area contributed by atoms with Crippen LogP contribution in [-0.2, 0) is 44.7 Å². The van der Waals surface area contributed by atoms with Crippen molar-refractivity contribution in [3.05, 3.63) is 238 Å². The molecule has 1 saturated heterocycles. The minimum absolute atomic E-state index is 0.219. The molecule has 3 aliphatic heterocycles. The number of thioether (sulfide) groups is 2. The number of oxime groups is 1. The van der Waals surface area contributed by atoms with Gasteiger partial charge in [-0.25, -0.2) is 10.2 Å². The molecular weight excluding hydrogens is 964 g/mol. The second-order valence-electron chi connectivity index (χ2n) is 15.9. The zero-order valence-electron chi connectivity index (χ0n) is 36.5. The maximum absolute atomic E-state index is 15.2. The van der Waals surface area contributed by atoms with E-state index in [2.05, 4.69) is 14.9 Å². The predicted octanol–water partition coefficient (Wildman–Crippen LogP) is 8.26. The molecule has 9 rings (SSSR count). The number of carbonyl (C=O) groups is 3. The molecule has 70 heavy (non-hydrogen) atoms. The number of halogens is 3. The van der Waals surface area contributed by atoms with E-state index in [1.165, 1.54) is 11.8 Å². The lowest BCUT2D eigenvalue weighted by atomic mass is 9.77. The molecule has 0 saturated carbocycles. The van der Waals surface area contributed by atoms with E-state index in [0.717, 1.165) is 16.7 Å². The van der Waals surface area contributed by atoms with E-state index in [1.807, 2.05) is 182 Å². The first-order chi connectivity index (χ1) is 33.8. The lowest BCUT2D eigenvalue weighted by Gasteiger charge is -2.48. The van der Waals surface area contributed by atoms with Crippen LogP contribution in [-0.4, -0.2) is 75.5 Å². The lowest BCUT2D eigenvalue weighted by molar-refractivity contribution is -0.150. The normalized spacial score (nSPS) is 17.6. The van der Waals surface area contributed by atoms with E-state index in [9.17, 15) is 36.3 Å². The number of hydrazine groups is 1. The third-order valence-electron chi connectivity index (χ3n) is 11.8. The maximum atomic E-state index is 15.2. The van der Waals surface area contributed by atoms with Crippen molar-refractivity contribution in [2.45, 2.75) is 28.1 Å². The third-order valence-corrected chi connectivity index (χ3v) is 14.8. The van der Waals surface area contributed by atoms with Gasteiger partial charge in [-0.2, -0.15) is 21.6 Å². The van der Waals surface area contributed by atoms with Crippen LogP contribution in [0.5, 0.6) is 0 Å². The number of carboxylic acid groups (broad SMARTS) is 1. The molecule has 0 aliphatic carbocycles. The Morgan fingerprint density at radius 2 is 1.11 bits per heavy atom. The van der Waals surface area contributed by atoms with Gasteiger partial charge in [0.2, 0.25) is 5.60 Å². The summed E-state index contributed by atoms with van der Waals surface area (Å²) in [5.74, 6) is -5.47. The first-order valence-electron chi connectivity index (χ1n) is 21.5. The van der Waals surface area contributed by atoms with Crippen molar-refractivity contribution in [3.8, 4) is 0 Å². The number of carboxylic acids is 1. The minimum atomic E-state index is -6.29. The molecule has 1 fully saturated rings. The summed E-state index contributed by atoms with van der Waals surface area (Å²) in [5.41, 5.74) is -1.38. The summed E-state index contributed by atoms with van der Waals surface area (Å²) >= 11 is 2.05. The van der Waals surface area contributed by atoms with Crippen molar-refractivity contribution in [1.82, 2.24) is 20.7 Å². The van der Waals surface area contributed by atoms with Crippen LogP contribution in [0.25, 0.3) is 0 Å². The first kappa shape index (κ1) is 47.7. The molecule has 0 aromatic heterocycles. The minimum Gasteiger partial charge on any atom is -0.476 e. The fourth-order valence-corrected chi connectivity index (χ4v) is 11.2. The standard InChI is InChI=1S/C51H40F3N5O8S3/c52-51(53,54)70(64,65)66-41-32-69-47-43(46(61)59(47)44(41)48(62)63)55-45(60)42(56-67-50(37-25-13-4-14-26-37,38-27-15-5-16-28-38)39-29-17-6-18-30-39)40-31-68-33-58(40)57-49(34-19-7-1-8-20-34,35-21-9-2-10-22-35)36-23-11-3-12-24-36/h1-31,43,47,57H,32-33H2,(H,55,60)(H,62,63)/b56-42+/t43-,47-/m1/s1. The quantitative estimate of drug-likeness (QED) is 0.0213. The Morgan fingerprint density at radius 1 is 0.686 bits per heavy atom. The number of carbonyl (C=O) groups excluding carboxylic acids is 2. The SMILES string of the molecule is O=C(O)C1=C(OS(=O)(=O)C(F)(F)F)CS[C@@H]2[C@H](NC(=O)/C(=N/OC(c3ccccc3)(c3ccccc3)c3ccccc3)C3=CSCN3NC(c3ccccc3)(c3ccccc3)c3ccccc3)C(=O)N12. The van der Waals surface area contributed by atoms with Gasteiger partial charge in [0.15, 0.2) is 17.2 Å². The summed E-state index contributed by atoms with van der Waals surface area (Å²) in [5, 5.41) is 19.8. The monoisotopic (exact) mass is 1000 g/mol. The first-order valence-corrected chi connectivity index (χ1v) is 25.0. The number of alkyl halides is 3. The van der Waals surface area contributed by atoms with E-state index in [0.29, 0.717) is 33.4 Å². The van der Waals surface area contributed by atoms with Gasteiger partial charge in [-0.15, -0.1) is 23.5 Å². The number of amides is 2. The van der Waals surface area contributed by atoms with Crippen molar-refractivity contribution in [3.63, 3.8) is 0 Å². The lowest BCUT2D eigenvalue weighted by Crippen LogP contribution is -2.71. The van der Waals surface area contributed by atoms with Gasteiger partial charge >= 0.3 is 21.6 Å². The highest BCUT2D eigenvalue weighted by Crippen LogP contribution is 2.44. The fraction of sp³-hybridized carbons (Fsp3) is 0.137. The van der Waals surface area contributed by atoms with Crippen LogP contribution in [0.3, 0.4) is 0 Å². The fourth-order valence-electron chi connectivity index (χ4n) is 8.60. The number of rotatable bonds is 16. The highest BCUT2D eigenvalue weighted by Gasteiger charge is 2.57. The van der Waals surface area contributed by atoms with Gasteiger partial charge in [0, 0.05) is 22.1 Å². The number of aliphatic carboxylic acids is 1. The van der Waals surface area contributed by atoms with Gasteiger partial charge in [-0.3, -0.25) is 19.5 Å². The zero-order valence-corrected chi connectivity index (χ0v) is 38.9. The summed E-state index contributed by atoms with van der Waals surface area (Å²) in [7, 11) is -6.29. The van der Waals surface area contributed by atoms with Crippen LogP contribution < -0.4 is 10.7 Å². The average molecular weight is 1000 g/mol. The van der Waals surface area contributed by atoms with E-state index < -0.39 is 73.2 Å². The summed E-state index contributed by atoms with van der Waals surface area (Å²) < 4.78 is 68.2. The van der Waals surface area contributed by atoms with Gasteiger partial charge in [0.05, 0.1) is 17.3 Å². The number of nitrogens with zero attached hydrogens (tertiary/aromatic N) is 3. The summed E-state index contributed by atoms with van der Waals surface area (Å²) in [6, 6.07) is 55.6. The smallest absolute Gasteiger partial charge is 0.476 e. The molecule has 0 unspecified atom stereocenters. The third kappa shape index (κ3) is 8.80. The summed E-state index contributed by atoms with van der Waals surface area (Å²) in [4.78, 5) is 49.1. The van der Waals surface area contributed by atoms with E-state index in [1.54, 1.807) is 10.4 Å². The highest BCUT2D eigenvalue weighted by molar-refractivity contribution is 8.02. The van der Waals surface area contributed by atoms with E-state index in [-0.39, 0.29) is 17.3 Å². The molecule has 2 amide bonds. The zero-order chi connectivity index (χ0) is 49.1. The number of fused-ring (bicyclic) bond motifs is 1. The molecule has 2 atom stereocenters. The van der Waals surface area contributed by atoms with Crippen molar-refractivity contribution in [2.75, 3.05) is 11.6 Å². The van der Waals surface area contributed by atoms with Crippen LogP contribution in [0.1, 0.15) is 33.4 Å². The molecule has 3 N–H and O–H groups in total.